The molecule has 1 unspecified atom stereocenters. The van der Waals surface area contributed by atoms with Crippen LogP contribution in [0.1, 0.15) is 6.42 Å². The third-order valence-electron chi connectivity index (χ3n) is 3.97. The van der Waals surface area contributed by atoms with Gasteiger partial charge in [-0.2, -0.15) is 4.98 Å². The quantitative estimate of drug-likeness (QED) is 0.826. The van der Waals surface area contributed by atoms with Crippen molar-refractivity contribution in [1.82, 2.24) is 20.2 Å². The maximum atomic E-state index is 5.15. The van der Waals surface area contributed by atoms with Gasteiger partial charge in [-0.1, -0.05) is 0 Å². The molecule has 3 rings (SSSR count). The Bertz CT molecular complexity index is 413. The van der Waals surface area contributed by atoms with Gasteiger partial charge < -0.3 is 15.0 Å². The lowest BCUT2D eigenvalue weighted by Gasteiger charge is -2.37. The lowest BCUT2D eigenvalue weighted by atomic mass is 10.2. The lowest BCUT2D eigenvalue weighted by Crippen LogP contribution is -2.51. The molecule has 2 aliphatic rings. The van der Waals surface area contributed by atoms with Crippen LogP contribution in [0.4, 0.5) is 5.95 Å². The number of anilines is 1. The van der Waals surface area contributed by atoms with Crippen LogP contribution in [0.25, 0.3) is 0 Å². The maximum absolute atomic E-state index is 5.15. The van der Waals surface area contributed by atoms with Crippen LogP contribution in [0.5, 0.6) is 5.88 Å². The molecule has 0 amide bonds. The van der Waals surface area contributed by atoms with Crippen LogP contribution in [0.3, 0.4) is 0 Å². The fraction of sp³-hybridized carbons (Fsp3) is 0.692. The third-order valence-corrected chi connectivity index (χ3v) is 3.97. The number of ether oxygens (including phenoxy) is 1. The predicted molar refractivity (Wildman–Crippen MR) is 73.6 cm³/mol. The first-order chi connectivity index (χ1) is 9.36. The van der Waals surface area contributed by atoms with Gasteiger partial charge in [-0.25, -0.2) is 4.98 Å². The van der Waals surface area contributed by atoms with Crippen molar-refractivity contribution in [2.24, 2.45) is 0 Å². The molecule has 1 aromatic heterocycles. The van der Waals surface area contributed by atoms with E-state index in [1.54, 1.807) is 19.4 Å². The maximum Gasteiger partial charge on any atom is 0.228 e. The molecular formula is C13H21N5O. The van der Waals surface area contributed by atoms with Crippen LogP contribution in [0, 0.1) is 0 Å². The van der Waals surface area contributed by atoms with Crippen LogP contribution >= 0.6 is 0 Å². The highest BCUT2D eigenvalue weighted by Crippen LogP contribution is 2.17. The summed E-state index contributed by atoms with van der Waals surface area (Å²) in [5, 5.41) is 3.43. The fourth-order valence-electron chi connectivity index (χ4n) is 2.84. The average Bonchev–Trinajstić information content (AvgIpc) is 3.02. The predicted octanol–water partition coefficient (Wildman–Crippen LogP) is -0.0309. The average molecular weight is 263 g/mol. The first kappa shape index (κ1) is 12.6. The topological polar surface area (TPSA) is 53.5 Å². The van der Waals surface area contributed by atoms with Crippen molar-refractivity contribution < 1.29 is 4.74 Å². The van der Waals surface area contributed by atoms with Gasteiger partial charge in [0, 0.05) is 51.0 Å². The fourth-order valence-corrected chi connectivity index (χ4v) is 2.84. The van der Waals surface area contributed by atoms with Crippen LogP contribution < -0.4 is 15.0 Å². The largest absolute Gasteiger partial charge is 0.481 e. The van der Waals surface area contributed by atoms with Gasteiger partial charge in [-0.05, 0) is 13.0 Å². The number of nitrogens with one attached hydrogen (secondary N) is 1. The first-order valence-corrected chi connectivity index (χ1v) is 6.93. The summed E-state index contributed by atoms with van der Waals surface area (Å²) < 4.78 is 5.15. The second-order valence-corrected chi connectivity index (χ2v) is 5.07. The monoisotopic (exact) mass is 263 g/mol. The van der Waals surface area contributed by atoms with Crippen LogP contribution in [0.15, 0.2) is 12.3 Å². The molecule has 0 spiro atoms. The summed E-state index contributed by atoms with van der Waals surface area (Å²) >= 11 is 0. The molecular weight excluding hydrogens is 242 g/mol. The van der Waals surface area contributed by atoms with Crippen molar-refractivity contribution in [2.75, 3.05) is 51.3 Å². The lowest BCUT2D eigenvalue weighted by molar-refractivity contribution is 0.195. The molecule has 2 fully saturated rings. The molecule has 0 radical (unpaired) electrons. The Morgan fingerprint density at radius 3 is 2.84 bits per heavy atom. The first-order valence-electron chi connectivity index (χ1n) is 6.93. The Hall–Kier alpha value is -1.40. The molecule has 1 atom stereocenters. The number of piperazine rings is 1. The Balaban J connectivity index is 1.59. The van der Waals surface area contributed by atoms with Gasteiger partial charge in [0.25, 0.3) is 0 Å². The van der Waals surface area contributed by atoms with E-state index in [0.717, 1.165) is 45.2 Å². The van der Waals surface area contributed by atoms with Crippen LogP contribution in [-0.2, 0) is 0 Å². The SMILES string of the molecule is COc1ccnc(N2CCN(C3CCNC3)CC2)n1. The van der Waals surface area contributed by atoms with E-state index < -0.39 is 0 Å². The highest BCUT2D eigenvalue weighted by molar-refractivity contribution is 5.32. The van der Waals surface area contributed by atoms with Crippen LogP contribution in [0.2, 0.25) is 0 Å². The normalized spacial score (nSPS) is 24.7. The summed E-state index contributed by atoms with van der Waals surface area (Å²) in [5.74, 6) is 1.41. The third kappa shape index (κ3) is 2.79. The van der Waals surface area contributed by atoms with Gasteiger partial charge in [0.05, 0.1) is 7.11 Å². The van der Waals surface area contributed by atoms with Crippen molar-refractivity contribution in [3.05, 3.63) is 12.3 Å². The summed E-state index contributed by atoms with van der Waals surface area (Å²) in [6, 6.07) is 2.50. The molecule has 0 saturated carbocycles. The Kier molecular flexibility index (Phi) is 3.79. The standard InChI is InChI=1S/C13H21N5O/c1-19-12-3-5-15-13(16-12)18-8-6-17(7-9-18)11-2-4-14-10-11/h3,5,11,14H,2,4,6-10H2,1H3. The number of hydrogen-bond acceptors (Lipinski definition) is 6. The van der Waals surface area contributed by atoms with Crippen molar-refractivity contribution in [3.8, 4) is 5.88 Å². The van der Waals surface area contributed by atoms with Gasteiger partial charge >= 0.3 is 0 Å². The molecule has 1 N–H and O–H groups in total. The van der Waals surface area contributed by atoms with Gasteiger partial charge in [0.1, 0.15) is 0 Å². The van der Waals surface area contributed by atoms with E-state index in [0.29, 0.717) is 11.9 Å². The van der Waals surface area contributed by atoms with E-state index in [2.05, 4.69) is 25.1 Å². The number of nitrogens with zero attached hydrogens (tertiary/aromatic N) is 4. The zero-order chi connectivity index (χ0) is 13.1. The number of hydrogen-bond donors (Lipinski definition) is 1. The summed E-state index contributed by atoms with van der Waals surface area (Å²) in [5.41, 5.74) is 0. The molecule has 6 heteroatoms. The van der Waals surface area contributed by atoms with E-state index in [9.17, 15) is 0 Å². The van der Waals surface area contributed by atoms with E-state index in [1.807, 2.05) is 0 Å². The molecule has 2 aliphatic heterocycles. The molecule has 1 aromatic rings. The van der Waals surface area contributed by atoms with Crippen molar-refractivity contribution in [1.29, 1.82) is 0 Å². The van der Waals surface area contributed by atoms with Crippen molar-refractivity contribution in [3.63, 3.8) is 0 Å². The molecule has 6 nitrogen and oxygen atoms in total. The van der Waals surface area contributed by atoms with Crippen molar-refractivity contribution in [2.45, 2.75) is 12.5 Å². The summed E-state index contributed by atoms with van der Waals surface area (Å²) in [7, 11) is 1.64. The molecule has 0 aromatic carbocycles. The Labute approximate surface area is 113 Å². The molecule has 3 heterocycles. The van der Waals surface area contributed by atoms with Crippen molar-refractivity contribution >= 4 is 5.95 Å². The molecule has 2 saturated heterocycles. The zero-order valence-electron chi connectivity index (χ0n) is 11.4. The minimum Gasteiger partial charge on any atom is -0.481 e. The molecule has 0 bridgehead atoms. The van der Waals surface area contributed by atoms with E-state index in [-0.39, 0.29) is 0 Å². The summed E-state index contributed by atoms with van der Waals surface area (Å²) in [6.45, 7) is 6.45. The van der Waals surface area contributed by atoms with E-state index in [4.69, 9.17) is 4.74 Å². The number of aromatic nitrogens is 2. The zero-order valence-corrected chi connectivity index (χ0v) is 11.4. The highest BCUT2D eigenvalue weighted by Gasteiger charge is 2.26. The van der Waals surface area contributed by atoms with E-state index in [1.165, 1.54) is 6.42 Å². The summed E-state index contributed by atoms with van der Waals surface area (Å²) in [4.78, 5) is 13.6. The van der Waals surface area contributed by atoms with Gasteiger partial charge in [-0.3, -0.25) is 4.90 Å². The number of rotatable bonds is 3. The molecule has 104 valence electrons. The van der Waals surface area contributed by atoms with E-state index >= 15 is 0 Å². The van der Waals surface area contributed by atoms with Crippen LogP contribution in [-0.4, -0.2) is 67.3 Å². The second-order valence-electron chi connectivity index (χ2n) is 5.07. The second kappa shape index (κ2) is 5.71. The van der Waals surface area contributed by atoms with Gasteiger partial charge in [0.15, 0.2) is 0 Å². The number of methoxy groups -OCH3 is 1. The smallest absolute Gasteiger partial charge is 0.228 e. The van der Waals surface area contributed by atoms with Gasteiger partial charge in [-0.15, -0.1) is 0 Å². The molecule has 0 aliphatic carbocycles. The molecule has 19 heavy (non-hydrogen) atoms. The minimum atomic E-state index is 0.632. The van der Waals surface area contributed by atoms with Gasteiger partial charge in [0.2, 0.25) is 11.8 Å². The Morgan fingerprint density at radius 1 is 1.32 bits per heavy atom. The Morgan fingerprint density at radius 2 is 2.16 bits per heavy atom. The summed E-state index contributed by atoms with van der Waals surface area (Å²) in [6.07, 6.45) is 3.03. The highest BCUT2D eigenvalue weighted by atomic mass is 16.5. The minimum absolute atomic E-state index is 0.632.